The standard InChI is InChI=1S/C10H10BrClN2O2/c1-16-10(15)6-4-13-9(12)7(11)8(6)14-5-2-3-5/h4-5H,2-3H2,1H3,(H,13,14). The molecule has 0 amide bonds. The molecular formula is C10H10BrClN2O2. The maximum Gasteiger partial charge on any atom is 0.341 e. The quantitative estimate of drug-likeness (QED) is 0.689. The molecule has 0 radical (unpaired) electrons. The number of methoxy groups -OCH3 is 1. The number of halogens is 2. The molecule has 1 aliphatic carbocycles. The van der Waals surface area contributed by atoms with Gasteiger partial charge < -0.3 is 10.1 Å². The van der Waals surface area contributed by atoms with Crippen LogP contribution in [-0.4, -0.2) is 24.1 Å². The van der Waals surface area contributed by atoms with E-state index in [9.17, 15) is 4.79 Å². The Morgan fingerprint density at radius 3 is 2.94 bits per heavy atom. The second-order valence-corrected chi connectivity index (χ2v) is 4.71. The van der Waals surface area contributed by atoms with E-state index in [1.165, 1.54) is 13.3 Å². The van der Waals surface area contributed by atoms with Crippen LogP contribution >= 0.6 is 27.5 Å². The molecule has 1 N–H and O–H groups in total. The number of nitrogens with one attached hydrogen (secondary N) is 1. The Kier molecular flexibility index (Phi) is 3.35. The highest BCUT2D eigenvalue weighted by atomic mass is 79.9. The van der Waals surface area contributed by atoms with Crippen LogP contribution in [0.15, 0.2) is 10.7 Å². The van der Waals surface area contributed by atoms with Gasteiger partial charge in [-0.15, -0.1) is 0 Å². The Morgan fingerprint density at radius 1 is 1.69 bits per heavy atom. The second kappa shape index (κ2) is 4.59. The number of hydrogen-bond acceptors (Lipinski definition) is 4. The van der Waals surface area contributed by atoms with E-state index < -0.39 is 5.97 Å². The van der Waals surface area contributed by atoms with E-state index in [1.54, 1.807) is 0 Å². The number of carbonyl (C=O) groups excluding carboxylic acids is 1. The molecule has 1 aliphatic rings. The summed E-state index contributed by atoms with van der Waals surface area (Å²) in [6.45, 7) is 0. The summed E-state index contributed by atoms with van der Waals surface area (Å²) in [5.74, 6) is -0.423. The Balaban J connectivity index is 2.41. The first kappa shape index (κ1) is 11.7. The molecule has 6 heteroatoms. The number of nitrogens with zero attached hydrogens (tertiary/aromatic N) is 1. The number of aromatic nitrogens is 1. The van der Waals surface area contributed by atoms with Gasteiger partial charge in [0.2, 0.25) is 0 Å². The molecule has 2 rings (SSSR count). The summed E-state index contributed by atoms with van der Waals surface area (Å²) in [6.07, 6.45) is 3.63. The largest absolute Gasteiger partial charge is 0.465 e. The Bertz CT molecular complexity index is 435. The van der Waals surface area contributed by atoms with Crippen molar-refractivity contribution in [3.05, 3.63) is 21.4 Å². The van der Waals surface area contributed by atoms with Crippen molar-refractivity contribution in [3.63, 3.8) is 0 Å². The summed E-state index contributed by atoms with van der Waals surface area (Å²) in [5, 5.41) is 3.57. The third-order valence-corrected chi connectivity index (χ3v) is 3.59. The lowest BCUT2D eigenvalue weighted by atomic mass is 10.2. The van der Waals surface area contributed by atoms with Crippen LogP contribution in [0.25, 0.3) is 0 Å². The molecule has 0 spiro atoms. The number of anilines is 1. The Hall–Kier alpha value is -0.810. The van der Waals surface area contributed by atoms with Gasteiger partial charge in [-0.2, -0.15) is 0 Å². The van der Waals surface area contributed by atoms with Crippen LogP contribution in [0.1, 0.15) is 23.2 Å². The van der Waals surface area contributed by atoms with Crippen molar-refractivity contribution in [2.45, 2.75) is 18.9 Å². The Labute approximate surface area is 106 Å². The van der Waals surface area contributed by atoms with Gasteiger partial charge in [0.1, 0.15) is 10.7 Å². The number of rotatable bonds is 3. The molecule has 1 heterocycles. The van der Waals surface area contributed by atoms with Crippen LogP contribution in [0, 0.1) is 0 Å². The normalized spacial score (nSPS) is 14.7. The number of esters is 1. The molecule has 0 bridgehead atoms. The van der Waals surface area contributed by atoms with E-state index in [0.29, 0.717) is 26.9 Å². The number of hydrogen-bond donors (Lipinski definition) is 1. The first-order valence-corrected chi connectivity index (χ1v) is 5.99. The topological polar surface area (TPSA) is 51.2 Å². The van der Waals surface area contributed by atoms with Crippen molar-refractivity contribution < 1.29 is 9.53 Å². The maximum atomic E-state index is 11.5. The van der Waals surface area contributed by atoms with Gasteiger partial charge in [0.25, 0.3) is 0 Å². The number of carbonyl (C=O) groups is 1. The van der Waals surface area contributed by atoms with Crippen molar-refractivity contribution in [2.24, 2.45) is 0 Å². The second-order valence-electron chi connectivity index (χ2n) is 3.56. The summed E-state index contributed by atoms with van der Waals surface area (Å²) in [4.78, 5) is 15.4. The highest BCUT2D eigenvalue weighted by Gasteiger charge is 2.26. The predicted molar refractivity (Wildman–Crippen MR) is 64.9 cm³/mol. The van der Waals surface area contributed by atoms with Crippen molar-refractivity contribution in [1.29, 1.82) is 0 Å². The van der Waals surface area contributed by atoms with Gasteiger partial charge in [0.15, 0.2) is 0 Å². The fourth-order valence-corrected chi connectivity index (χ4v) is 1.88. The van der Waals surface area contributed by atoms with Crippen molar-refractivity contribution in [3.8, 4) is 0 Å². The lowest BCUT2D eigenvalue weighted by Crippen LogP contribution is -2.11. The zero-order valence-electron chi connectivity index (χ0n) is 8.59. The van der Waals surface area contributed by atoms with Crippen molar-refractivity contribution in [1.82, 2.24) is 4.98 Å². The molecule has 0 aromatic carbocycles. The molecule has 0 unspecified atom stereocenters. The summed E-state index contributed by atoms with van der Waals surface area (Å²) in [7, 11) is 1.34. The Morgan fingerprint density at radius 2 is 2.38 bits per heavy atom. The lowest BCUT2D eigenvalue weighted by Gasteiger charge is -2.12. The van der Waals surface area contributed by atoms with Gasteiger partial charge in [0.05, 0.1) is 17.3 Å². The number of ether oxygens (including phenoxy) is 1. The minimum atomic E-state index is -0.423. The van der Waals surface area contributed by atoms with E-state index in [-0.39, 0.29) is 0 Å². The van der Waals surface area contributed by atoms with Gasteiger partial charge in [-0.05, 0) is 28.8 Å². The zero-order chi connectivity index (χ0) is 11.7. The highest BCUT2D eigenvalue weighted by Crippen LogP contribution is 2.35. The third kappa shape index (κ3) is 2.30. The van der Waals surface area contributed by atoms with E-state index in [4.69, 9.17) is 16.3 Å². The number of pyridine rings is 1. The monoisotopic (exact) mass is 304 g/mol. The summed E-state index contributed by atoms with van der Waals surface area (Å²) in [6, 6.07) is 0.415. The average Bonchev–Trinajstić information content (AvgIpc) is 3.08. The first-order valence-electron chi connectivity index (χ1n) is 4.82. The summed E-state index contributed by atoms with van der Waals surface area (Å²) >= 11 is 9.21. The van der Waals surface area contributed by atoms with Crippen molar-refractivity contribution >= 4 is 39.2 Å². The third-order valence-electron chi connectivity index (χ3n) is 2.31. The average molecular weight is 306 g/mol. The van der Waals surface area contributed by atoms with Crippen LogP contribution in [0.5, 0.6) is 0 Å². The summed E-state index contributed by atoms with van der Waals surface area (Å²) in [5.41, 5.74) is 1.06. The molecule has 86 valence electrons. The molecule has 16 heavy (non-hydrogen) atoms. The minimum absolute atomic E-state index is 0.329. The van der Waals surface area contributed by atoms with Crippen LogP contribution in [-0.2, 0) is 4.74 Å². The molecule has 0 saturated heterocycles. The van der Waals surface area contributed by atoms with Crippen LogP contribution in [0.3, 0.4) is 0 Å². The molecule has 0 atom stereocenters. The lowest BCUT2D eigenvalue weighted by molar-refractivity contribution is 0.0601. The van der Waals surface area contributed by atoms with Crippen LogP contribution in [0.2, 0.25) is 5.15 Å². The zero-order valence-corrected chi connectivity index (χ0v) is 10.9. The SMILES string of the molecule is COC(=O)c1cnc(Cl)c(Br)c1NC1CC1. The highest BCUT2D eigenvalue weighted by molar-refractivity contribution is 9.10. The molecule has 4 nitrogen and oxygen atoms in total. The van der Waals surface area contributed by atoms with Gasteiger partial charge in [0, 0.05) is 12.2 Å². The van der Waals surface area contributed by atoms with Crippen molar-refractivity contribution in [2.75, 3.05) is 12.4 Å². The maximum absolute atomic E-state index is 11.5. The van der Waals surface area contributed by atoms with E-state index in [0.717, 1.165) is 12.8 Å². The van der Waals surface area contributed by atoms with Crippen LogP contribution in [0.4, 0.5) is 5.69 Å². The van der Waals surface area contributed by atoms with E-state index >= 15 is 0 Å². The smallest absolute Gasteiger partial charge is 0.341 e. The predicted octanol–water partition coefficient (Wildman–Crippen LogP) is 2.86. The molecule has 1 saturated carbocycles. The van der Waals surface area contributed by atoms with Crippen LogP contribution < -0.4 is 5.32 Å². The first-order chi connectivity index (χ1) is 7.63. The van der Waals surface area contributed by atoms with E-state index in [2.05, 4.69) is 26.2 Å². The minimum Gasteiger partial charge on any atom is -0.465 e. The van der Waals surface area contributed by atoms with Gasteiger partial charge >= 0.3 is 5.97 Å². The van der Waals surface area contributed by atoms with Gasteiger partial charge in [-0.1, -0.05) is 11.6 Å². The molecule has 0 aliphatic heterocycles. The van der Waals surface area contributed by atoms with Gasteiger partial charge in [-0.3, -0.25) is 0 Å². The van der Waals surface area contributed by atoms with E-state index in [1.807, 2.05) is 0 Å². The molecule has 1 fully saturated rings. The fourth-order valence-electron chi connectivity index (χ4n) is 1.30. The molecule has 1 aromatic heterocycles. The molecule has 1 aromatic rings. The van der Waals surface area contributed by atoms with Gasteiger partial charge in [-0.25, -0.2) is 9.78 Å². The summed E-state index contributed by atoms with van der Waals surface area (Å²) < 4.78 is 5.29. The molecular weight excluding hydrogens is 295 g/mol. The fraction of sp³-hybridized carbons (Fsp3) is 0.400.